The zero-order valence-electron chi connectivity index (χ0n) is 12.4. The largest absolute Gasteiger partial charge is 0.379 e. The van der Waals surface area contributed by atoms with Gasteiger partial charge in [0.2, 0.25) is 5.91 Å². The van der Waals surface area contributed by atoms with Crippen LogP contribution in [0.2, 0.25) is 0 Å². The van der Waals surface area contributed by atoms with E-state index in [0.29, 0.717) is 12.0 Å². The van der Waals surface area contributed by atoms with E-state index >= 15 is 0 Å². The van der Waals surface area contributed by atoms with E-state index in [-0.39, 0.29) is 11.8 Å². The molecule has 0 bridgehead atoms. The Morgan fingerprint density at radius 2 is 1.89 bits per heavy atom. The van der Waals surface area contributed by atoms with Gasteiger partial charge in [0.05, 0.1) is 13.2 Å². The van der Waals surface area contributed by atoms with Gasteiger partial charge in [-0.25, -0.2) is 0 Å². The summed E-state index contributed by atoms with van der Waals surface area (Å²) < 4.78 is 5.41. The monoisotopic (exact) mass is 268 g/mol. The van der Waals surface area contributed by atoms with Crippen molar-refractivity contribution in [2.24, 2.45) is 11.8 Å². The Morgan fingerprint density at radius 1 is 1.26 bits per heavy atom. The zero-order chi connectivity index (χ0) is 13.7. The van der Waals surface area contributed by atoms with E-state index < -0.39 is 0 Å². The number of morpholine rings is 1. The number of nitrogens with one attached hydrogen (secondary N) is 1. The van der Waals surface area contributed by atoms with Gasteiger partial charge in [0, 0.05) is 31.6 Å². The number of hydrogen-bond donors (Lipinski definition) is 1. The van der Waals surface area contributed by atoms with E-state index in [1.165, 1.54) is 12.8 Å². The Morgan fingerprint density at radius 3 is 2.47 bits per heavy atom. The van der Waals surface area contributed by atoms with Gasteiger partial charge >= 0.3 is 0 Å². The van der Waals surface area contributed by atoms with Gasteiger partial charge in [0.15, 0.2) is 0 Å². The third-order valence-electron chi connectivity index (χ3n) is 4.50. The smallest absolute Gasteiger partial charge is 0.223 e. The Bertz CT molecular complexity index is 282. The summed E-state index contributed by atoms with van der Waals surface area (Å²) in [6.07, 6.45) is 4.59. The van der Waals surface area contributed by atoms with Crippen molar-refractivity contribution in [3.05, 3.63) is 0 Å². The van der Waals surface area contributed by atoms with Crippen molar-refractivity contribution < 1.29 is 9.53 Å². The Labute approximate surface area is 116 Å². The van der Waals surface area contributed by atoms with Crippen molar-refractivity contribution in [1.82, 2.24) is 10.2 Å². The first-order valence-electron chi connectivity index (χ1n) is 7.78. The molecular weight excluding hydrogens is 240 g/mol. The maximum Gasteiger partial charge on any atom is 0.223 e. The fourth-order valence-electron chi connectivity index (χ4n) is 3.23. The SMILES string of the molecule is CC(C)C(CNC(=O)C1CCCC1)N1CCOCC1. The predicted molar refractivity (Wildman–Crippen MR) is 76.0 cm³/mol. The van der Waals surface area contributed by atoms with Crippen LogP contribution < -0.4 is 5.32 Å². The molecule has 1 heterocycles. The highest BCUT2D eigenvalue weighted by molar-refractivity contribution is 5.78. The number of ether oxygens (including phenoxy) is 1. The molecule has 1 atom stereocenters. The lowest BCUT2D eigenvalue weighted by Gasteiger charge is -2.37. The molecule has 2 aliphatic rings. The van der Waals surface area contributed by atoms with Crippen molar-refractivity contribution in [3.8, 4) is 0 Å². The minimum absolute atomic E-state index is 0.274. The standard InChI is InChI=1S/C15H28N2O2/c1-12(2)14(17-7-9-19-10-8-17)11-16-15(18)13-5-3-4-6-13/h12-14H,3-11H2,1-2H3,(H,16,18). The Kier molecular flexibility index (Phi) is 5.64. The maximum absolute atomic E-state index is 12.1. The second-order valence-electron chi connectivity index (χ2n) is 6.19. The first-order valence-corrected chi connectivity index (χ1v) is 7.78. The topological polar surface area (TPSA) is 41.6 Å². The van der Waals surface area contributed by atoms with Crippen LogP contribution >= 0.6 is 0 Å². The van der Waals surface area contributed by atoms with E-state index in [9.17, 15) is 4.79 Å². The molecule has 2 rings (SSSR count). The van der Waals surface area contributed by atoms with Gasteiger partial charge in [-0.15, -0.1) is 0 Å². The molecule has 1 saturated carbocycles. The van der Waals surface area contributed by atoms with Gasteiger partial charge < -0.3 is 10.1 Å². The van der Waals surface area contributed by atoms with E-state index in [0.717, 1.165) is 45.7 Å². The summed E-state index contributed by atoms with van der Waals surface area (Å²) in [4.78, 5) is 14.6. The normalized spacial score (nSPS) is 23.7. The minimum atomic E-state index is 0.274. The molecular formula is C15H28N2O2. The number of rotatable bonds is 5. The second kappa shape index (κ2) is 7.25. The van der Waals surface area contributed by atoms with Crippen LogP contribution in [0.25, 0.3) is 0 Å². The summed E-state index contributed by atoms with van der Waals surface area (Å²) in [6.45, 7) is 8.88. The first kappa shape index (κ1) is 14.8. The molecule has 0 aromatic heterocycles. The molecule has 4 heteroatoms. The van der Waals surface area contributed by atoms with Crippen LogP contribution in [0.5, 0.6) is 0 Å². The molecule has 2 fully saturated rings. The lowest BCUT2D eigenvalue weighted by Crippen LogP contribution is -2.51. The quantitative estimate of drug-likeness (QED) is 0.824. The van der Waals surface area contributed by atoms with E-state index in [1.807, 2.05) is 0 Å². The van der Waals surface area contributed by atoms with Crippen molar-refractivity contribution in [3.63, 3.8) is 0 Å². The van der Waals surface area contributed by atoms with Crippen molar-refractivity contribution in [2.45, 2.75) is 45.6 Å². The molecule has 110 valence electrons. The van der Waals surface area contributed by atoms with Crippen LogP contribution in [-0.4, -0.2) is 49.7 Å². The molecule has 0 radical (unpaired) electrons. The Balaban J connectivity index is 1.80. The average molecular weight is 268 g/mol. The molecule has 0 aromatic rings. The fraction of sp³-hybridized carbons (Fsp3) is 0.933. The molecule has 1 aliphatic carbocycles. The molecule has 1 aliphatic heterocycles. The van der Waals surface area contributed by atoms with Gasteiger partial charge in [-0.3, -0.25) is 9.69 Å². The molecule has 1 N–H and O–H groups in total. The van der Waals surface area contributed by atoms with Crippen LogP contribution in [0.4, 0.5) is 0 Å². The summed E-state index contributed by atoms with van der Waals surface area (Å²) >= 11 is 0. The van der Waals surface area contributed by atoms with E-state index in [2.05, 4.69) is 24.1 Å². The van der Waals surface area contributed by atoms with Gasteiger partial charge in [-0.1, -0.05) is 26.7 Å². The number of carbonyl (C=O) groups is 1. The molecule has 1 saturated heterocycles. The highest BCUT2D eigenvalue weighted by Gasteiger charge is 2.27. The lowest BCUT2D eigenvalue weighted by atomic mass is 10.0. The summed E-state index contributed by atoms with van der Waals surface area (Å²) in [5.74, 6) is 1.11. The summed E-state index contributed by atoms with van der Waals surface area (Å²) in [5.41, 5.74) is 0. The maximum atomic E-state index is 12.1. The van der Waals surface area contributed by atoms with Gasteiger partial charge in [-0.2, -0.15) is 0 Å². The van der Waals surface area contributed by atoms with Gasteiger partial charge in [-0.05, 0) is 18.8 Å². The van der Waals surface area contributed by atoms with Crippen LogP contribution in [0, 0.1) is 11.8 Å². The van der Waals surface area contributed by atoms with E-state index in [1.54, 1.807) is 0 Å². The molecule has 1 amide bonds. The van der Waals surface area contributed by atoms with Crippen molar-refractivity contribution in [2.75, 3.05) is 32.8 Å². The van der Waals surface area contributed by atoms with Crippen molar-refractivity contribution >= 4 is 5.91 Å². The highest BCUT2D eigenvalue weighted by atomic mass is 16.5. The predicted octanol–water partition coefficient (Wildman–Crippen LogP) is 1.65. The molecule has 0 aromatic carbocycles. The third-order valence-corrected chi connectivity index (χ3v) is 4.50. The fourth-order valence-corrected chi connectivity index (χ4v) is 3.23. The zero-order valence-corrected chi connectivity index (χ0v) is 12.4. The number of hydrogen-bond acceptors (Lipinski definition) is 3. The third kappa shape index (κ3) is 4.18. The van der Waals surface area contributed by atoms with Gasteiger partial charge in [0.1, 0.15) is 0 Å². The summed E-state index contributed by atoms with van der Waals surface area (Å²) in [6, 6.07) is 0.439. The number of amides is 1. The second-order valence-corrected chi connectivity index (χ2v) is 6.19. The number of carbonyl (C=O) groups excluding carboxylic acids is 1. The molecule has 0 spiro atoms. The summed E-state index contributed by atoms with van der Waals surface area (Å²) in [5, 5.41) is 3.18. The molecule has 19 heavy (non-hydrogen) atoms. The van der Waals surface area contributed by atoms with Crippen LogP contribution in [-0.2, 0) is 9.53 Å². The lowest BCUT2D eigenvalue weighted by molar-refractivity contribution is -0.125. The number of nitrogens with zero attached hydrogens (tertiary/aromatic N) is 1. The summed E-state index contributed by atoms with van der Waals surface area (Å²) in [7, 11) is 0. The van der Waals surface area contributed by atoms with Crippen LogP contribution in [0.3, 0.4) is 0 Å². The van der Waals surface area contributed by atoms with Crippen LogP contribution in [0.1, 0.15) is 39.5 Å². The first-order chi connectivity index (χ1) is 9.18. The molecule has 1 unspecified atom stereocenters. The Hall–Kier alpha value is -0.610. The van der Waals surface area contributed by atoms with Crippen LogP contribution in [0.15, 0.2) is 0 Å². The van der Waals surface area contributed by atoms with E-state index in [4.69, 9.17) is 4.74 Å². The van der Waals surface area contributed by atoms with Crippen molar-refractivity contribution in [1.29, 1.82) is 0 Å². The average Bonchev–Trinajstić information content (AvgIpc) is 2.93. The highest BCUT2D eigenvalue weighted by Crippen LogP contribution is 2.24. The molecule has 4 nitrogen and oxygen atoms in total. The minimum Gasteiger partial charge on any atom is -0.379 e. The van der Waals surface area contributed by atoms with Gasteiger partial charge in [0.25, 0.3) is 0 Å².